The fourth-order valence-electron chi connectivity index (χ4n) is 3.05. The molecule has 0 spiro atoms. The van der Waals surface area contributed by atoms with Crippen LogP contribution in [0.2, 0.25) is 5.82 Å². The van der Waals surface area contributed by atoms with Gasteiger partial charge in [0.15, 0.2) is 0 Å². The molecule has 2 unspecified atom stereocenters. The van der Waals surface area contributed by atoms with Gasteiger partial charge in [-0.1, -0.05) is 0 Å². The van der Waals surface area contributed by atoms with Crippen LogP contribution in [0, 0.1) is 0 Å². The first-order valence-electron chi connectivity index (χ1n) is 8.72. The fourth-order valence-corrected chi connectivity index (χ4v) is 3.05. The molecule has 1 aromatic carbocycles. The number of rotatable bonds is 3. The molecule has 0 radical (unpaired) electrons. The number of hydrogen-bond acceptors (Lipinski definition) is 4. The van der Waals surface area contributed by atoms with Gasteiger partial charge in [-0.05, 0) is 0 Å². The third kappa shape index (κ3) is 3.96. The van der Waals surface area contributed by atoms with Crippen molar-refractivity contribution in [1.29, 1.82) is 0 Å². The van der Waals surface area contributed by atoms with Gasteiger partial charge in [0.25, 0.3) is 0 Å². The van der Waals surface area contributed by atoms with Crippen LogP contribution in [0.3, 0.4) is 0 Å². The normalized spacial score (nSPS) is 26.5. The van der Waals surface area contributed by atoms with Crippen LogP contribution in [0.4, 0.5) is 0 Å². The van der Waals surface area contributed by atoms with Crippen molar-refractivity contribution in [2.45, 2.75) is 39.2 Å². The maximum atomic E-state index is 6.27. The summed E-state index contributed by atoms with van der Waals surface area (Å²) in [6.07, 6.45) is 2.00. The minimum absolute atomic E-state index is 0.245. The van der Waals surface area contributed by atoms with Gasteiger partial charge in [0.05, 0.1) is 0 Å². The summed E-state index contributed by atoms with van der Waals surface area (Å²) in [5.41, 5.74) is 3.57. The summed E-state index contributed by atoms with van der Waals surface area (Å²) in [7, 11) is 0. The van der Waals surface area contributed by atoms with E-state index >= 15 is 0 Å². The molecule has 1 fully saturated rings. The summed E-state index contributed by atoms with van der Waals surface area (Å²) in [5, 5.41) is 3.47. The van der Waals surface area contributed by atoms with Crippen molar-refractivity contribution in [2.24, 2.45) is 4.99 Å². The number of ether oxygens (including phenoxy) is 1. The first kappa shape index (κ1) is 17.0. The zero-order valence-electron chi connectivity index (χ0n) is 14.8. The second-order valence-electron chi connectivity index (χ2n) is 6.62. The van der Waals surface area contributed by atoms with Crippen molar-refractivity contribution >= 4 is 18.4 Å². The summed E-state index contributed by atoms with van der Waals surface area (Å²) in [4.78, 5) is 7.06. The third-order valence-corrected chi connectivity index (χ3v) is 4.82. The molecule has 3 rings (SSSR count). The Morgan fingerprint density at radius 3 is 2.88 bits per heavy atom. The van der Waals surface area contributed by atoms with E-state index in [0.717, 1.165) is 31.1 Å². The Morgan fingerprint density at radius 2 is 2.08 bits per heavy atom. The molecule has 2 heterocycles. The van der Waals surface area contributed by atoms with Crippen molar-refractivity contribution in [3.8, 4) is 0 Å². The minimum atomic E-state index is 0.245. The molecule has 5 heteroatoms. The monoisotopic (exact) mass is 323 g/mol. The summed E-state index contributed by atoms with van der Waals surface area (Å²) in [6.45, 7) is 12.1. The zero-order valence-corrected chi connectivity index (χ0v) is 14.8. The molecule has 2 atom stereocenters. The molecule has 4 nitrogen and oxygen atoms in total. The van der Waals surface area contributed by atoms with Crippen LogP contribution in [0.15, 0.2) is 47.1 Å². The van der Waals surface area contributed by atoms with Crippen LogP contribution in [0.1, 0.15) is 26.3 Å². The van der Waals surface area contributed by atoms with Crippen molar-refractivity contribution in [1.82, 2.24) is 10.2 Å². The van der Waals surface area contributed by atoms with Crippen LogP contribution < -0.4 is 5.32 Å². The molecule has 2 aliphatic heterocycles. The van der Waals surface area contributed by atoms with Crippen molar-refractivity contribution in [3.63, 3.8) is 0 Å². The van der Waals surface area contributed by atoms with E-state index in [1.165, 1.54) is 11.1 Å². The van der Waals surface area contributed by atoms with E-state index < -0.39 is 0 Å². The molecule has 0 aromatic heterocycles. The first-order valence-corrected chi connectivity index (χ1v) is 8.72. The van der Waals surface area contributed by atoms with Crippen molar-refractivity contribution in [3.05, 3.63) is 47.7 Å². The number of piperazine rings is 1. The SMILES string of the molecule is CC1=N/C=C(/C)C(C)B=C(OCc2ccccc2)N2CCNCC12. The van der Waals surface area contributed by atoms with E-state index in [1.807, 2.05) is 12.3 Å². The van der Waals surface area contributed by atoms with Crippen molar-refractivity contribution < 1.29 is 4.74 Å². The summed E-state index contributed by atoms with van der Waals surface area (Å²) >= 11 is 0. The molecule has 1 aromatic rings. The number of benzene rings is 1. The number of aliphatic imine (C=N–C) groups is 1. The van der Waals surface area contributed by atoms with E-state index in [9.17, 15) is 0 Å². The predicted octanol–water partition coefficient (Wildman–Crippen LogP) is 2.46. The third-order valence-electron chi connectivity index (χ3n) is 4.82. The van der Waals surface area contributed by atoms with Gasteiger partial charge in [-0.2, -0.15) is 0 Å². The summed E-state index contributed by atoms with van der Waals surface area (Å²) in [5.74, 6) is 1.28. The number of fused-ring (bicyclic) bond motifs is 1. The number of nitrogens with zero attached hydrogens (tertiary/aromatic N) is 2. The van der Waals surface area contributed by atoms with Crippen LogP contribution in [0.5, 0.6) is 0 Å². The zero-order chi connectivity index (χ0) is 16.9. The van der Waals surface area contributed by atoms with Gasteiger partial charge < -0.3 is 0 Å². The predicted molar refractivity (Wildman–Crippen MR) is 102 cm³/mol. The molecule has 24 heavy (non-hydrogen) atoms. The van der Waals surface area contributed by atoms with Crippen LogP contribution >= 0.6 is 0 Å². The van der Waals surface area contributed by atoms with E-state index in [4.69, 9.17) is 9.73 Å². The molecule has 0 amide bonds. The van der Waals surface area contributed by atoms with E-state index in [-0.39, 0.29) is 6.04 Å². The van der Waals surface area contributed by atoms with E-state index in [1.54, 1.807) is 0 Å². The second kappa shape index (κ2) is 7.80. The van der Waals surface area contributed by atoms with Gasteiger partial charge in [0.1, 0.15) is 0 Å². The van der Waals surface area contributed by atoms with Gasteiger partial charge in [-0.3, -0.25) is 0 Å². The Labute approximate surface area is 145 Å². The maximum absolute atomic E-state index is 6.27. The average molecular weight is 323 g/mol. The van der Waals surface area contributed by atoms with E-state index in [2.05, 4.69) is 62.2 Å². The topological polar surface area (TPSA) is 36.9 Å². The Kier molecular flexibility index (Phi) is 5.51. The van der Waals surface area contributed by atoms with Gasteiger partial charge >= 0.3 is 145 Å². The van der Waals surface area contributed by atoms with Crippen LogP contribution in [-0.2, 0) is 11.3 Å². The summed E-state index contributed by atoms with van der Waals surface area (Å²) in [6, 6.07) is 10.6. The van der Waals surface area contributed by atoms with Gasteiger partial charge in [-0.15, -0.1) is 0 Å². The Balaban J connectivity index is 1.87. The number of hydrogen-bond donors (Lipinski definition) is 1. The fraction of sp³-hybridized carbons (Fsp3) is 0.474. The average Bonchev–Trinajstić information content (AvgIpc) is 2.66. The number of allylic oxidation sites excluding steroid dienone is 1. The standard InChI is InChI=1S/C19H26BN3O/c1-14-11-22-16(3)18-12-21-9-10-23(18)19(20-15(14)2)24-13-17-7-5-4-6-8-17/h4-8,11,15,18,21H,9-10,12-13H2,1-3H3/b14-11-,22-16?. The van der Waals surface area contributed by atoms with E-state index in [0.29, 0.717) is 12.4 Å². The molecule has 0 saturated carbocycles. The molecule has 0 aliphatic carbocycles. The van der Waals surface area contributed by atoms with Gasteiger partial charge in [0, 0.05) is 0 Å². The molecule has 1 saturated heterocycles. The van der Waals surface area contributed by atoms with Gasteiger partial charge in [0.2, 0.25) is 0 Å². The molecular weight excluding hydrogens is 297 g/mol. The Morgan fingerprint density at radius 1 is 1.29 bits per heavy atom. The summed E-state index contributed by atoms with van der Waals surface area (Å²) < 4.78 is 6.27. The molecule has 126 valence electrons. The number of nitrogens with one attached hydrogen (secondary N) is 1. The molecule has 0 bridgehead atoms. The van der Waals surface area contributed by atoms with Crippen LogP contribution in [-0.4, -0.2) is 49.0 Å². The first-order chi connectivity index (χ1) is 11.6. The molecule has 2 aliphatic rings. The second-order valence-corrected chi connectivity index (χ2v) is 6.62. The molecule has 1 N–H and O–H groups in total. The molecular formula is C19H26BN3O. The quantitative estimate of drug-likeness (QED) is 0.868. The Bertz CT molecular complexity index is 654. The van der Waals surface area contributed by atoms with Crippen molar-refractivity contribution in [2.75, 3.05) is 19.6 Å². The van der Waals surface area contributed by atoms with Gasteiger partial charge in [-0.25, -0.2) is 0 Å². The van der Waals surface area contributed by atoms with Crippen LogP contribution in [0.25, 0.3) is 0 Å². The Hall–Kier alpha value is -1.88.